The van der Waals surface area contributed by atoms with E-state index in [0.29, 0.717) is 5.75 Å². The molecule has 4 nitrogen and oxygen atoms in total. The lowest BCUT2D eigenvalue weighted by atomic mass is 10.1. The molecule has 0 atom stereocenters. The first-order valence-corrected chi connectivity index (χ1v) is 6.86. The molecule has 0 fully saturated rings. The first-order chi connectivity index (χ1) is 10.1. The number of carbonyl (C=O) groups excluding carboxylic acids is 1. The minimum atomic E-state index is -0.170. The van der Waals surface area contributed by atoms with Gasteiger partial charge in [0.1, 0.15) is 5.75 Å². The van der Waals surface area contributed by atoms with Crippen molar-refractivity contribution in [3.05, 3.63) is 53.6 Å². The Labute approximate surface area is 125 Å². The number of carbonyl (C=O) groups is 1. The molecule has 0 aromatic heterocycles. The Kier molecular flexibility index (Phi) is 4.82. The highest BCUT2D eigenvalue weighted by Crippen LogP contribution is 2.16. The highest BCUT2D eigenvalue weighted by atomic mass is 16.5. The third-order valence-corrected chi connectivity index (χ3v) is 3.30. The number of rotatable bonds is 5. The van der Waals surface area contributed by atoms with Gasteiger partial charge in [-0.15, -0.1) is 0 Å². The molecule has 21 heavy (non-hydrogen) atoms. The number of nitrogens with one attached hydrogen (secondary N) is 2. The van der Waals surface area contributed by atoms with Crippen LogP contribution in [0.1, 0.15) is 11.1 Å². The fraction of sp³-hybridized carbons (Fsp3) is 0.235. The number of aryl methyl sites for hydroxylation is 2. The minimum Gasteiger partial charge on any atom is -0.484 e. The Morgan fingerprint density at radius 2 is 1.67 bits per heavy atom. The van der Waals surface area contributed by atoms with Crippen LogP contribution in [0.25, 0.3) is 0 Å². The molecule has 0 spiro atoms. The number of ether oxygens (including phenoxy) is 1. The average molecular weight is 284 g/mol. The van der Waals surface area contributed by atoms with Crippen molar-refractivity contribution in [2.75, 3.05) is 24.3 Å². The molecule has 0 unspecified atom stereocenters. The van der Waals surface area contributed by atoms with Crippen molar-refractivity contribution in [2.45, 2.75) is 13.8 Å². The molecule has 0 heterocycles. The standard InChI is InChI=1S/C17H20N2O2/c1-12-4-5-15(10-13(12)2)19-17(20)11-21-16-8-6-14(18-3)7-9-16/h4-10,18H,11H2,1-3H3,(H,19,20). The van der Waals surface area contributed by atoms with Crippen LogP contribution >= 0.6 is 0 Å². The first kappa shape index (κ1) is 14.9. The summed E-state index contributed by atoms with van der Waals surface area (Å²) in [5, 5.41) is 5.85. The lowest BCUT2D eigenvalue weighted by Crippen LogP contribution is -2.20. The van der Waals surface area contributed by atoms with Crippen molar-refractivity contribution in [1.82, 2.24) is 0 Å². The normalized spacial score (nSPS) is 10.0. The van der Waals surface area contributed by atoms with E-state index in [-0.39, 0.29) is 12.5 Å². The molecule has 2 aromatic rings. The highest BCUT2D eigenvalue weighted by molar-refractivity contribution is 5.92. The molecule has 0 aliphatic carbocycles. The number of benzene rings is 2. The summed E-state index contributed by atoms with van der Waals surface area (Å²) in [6.07, 6.45) is 0. The summed E-state index contributed by atoms with van der Waals surface area (Å²) < 4.78 is 5.45. The van der Waals surface area contributed by atoms with E-state index in [9.17, 15) is 4.79 Å². The third-order valence-electron chi connectivity index (χ3n) is 3.30. The lowest BCUT2D eigenvalue weighted by molar-refractivity contribution is -0.118. The van der Waals surface area contributed by atoms with Crippen LogP contribution in [0.15, 0.2) is 42.5 Å². The van der Waals surface area contributed by atoms with Crippen LogP contribution in [-0.4, -0.2) is 19.6 Å². The second-order valence-electron chi connectivity index (χ2n) is 4.91. The van der Waals surface area contributed by atoms with Gasteiger partial charge in [-0.2, -0.15) is 0 Å². The lowest BCUT2D eigenvalue weighted by Gasteiger charge is -2.09. The predicted octanol–water partition coefficient (Wildman–Crippen LogP) is 3.36. The molecule has 2 aromatic carbocycles. The van der Waals surface area contributed by atoms with E-state index in [1.807, 2.05) is 63.4 Å². The number of hydrogen-bond acceptors (Lipinski definition) is 3. The van der Waals surface area contributed by atoms with Gasteiger partial charge in [0.05, 0.1) is 0 Å². The maximum absolute atomic E-state index is 11.9. The molecule has 1 amide bonds. The monoisotopic (exact) mass is 284 g/mol. The van der Waals surface area contributed by atoms with E-state index < -0.39 is 0 Å². The van der Waals surface area contributed by atoms with Gasteiger partial charge in [0.2, 0.25) is 0 Å². The Morgan fingerprint density at radius 1 is 1.00 bits per heavy atom. The van der Waals surface area contributed by atoms with E-state index in [1.54, 1.807) is 0 Å². The Hall–Kier alpha value is -2.49. The fourth-order valence-electron chi connectivity index (χ4n) is 1.88. The molecule has 0 aliphatic rings. The van der Waals surface area contributed by atoms with E-state index in [2.05, 4.69) is 10.6 Å². The van der Waals surface area contributed by atoms with Gasteiger partial charge < -0.3 is 15.4 Å². The van der Waals surface area contributed by atoms with Crippen molar-refractivity contribution >= 4 is 17.3 Å². The molecule has 0 aliphatic heterocycles. The zero-order valence-electron chi connectivity index (χ0n) is 12.6. The summed E-state index contributed by atoms with van der Waals surface area (Å²) in [6.45, 7) is 4.05. The van der Waals surface area contributed by atoms with Crippen LogP contribution in [0.2, 0.25) is 0 Å². The van der Waals surface area contributed by atoms with Crippen LogP contribution in [0.4, 0.5) is 11.4 Å². The van der Waals surface area contributed by atoms with Gasteiger partial charge in [-0.05, 0) is 61.4 Å². The molecule has 4 heteroatoms. The van der Waals surface area contributed by atoms with Gasteiger partial charge in [0.15, 0.2) is 6.61 Å². The summed E-state index contributed by atoms with van der Waals surface area (Å²) in [4.78, 5) is 11.9. The van der Waals surface area contributed by atoms with Gasteiger partial charge >= 0.3 is 0 Å². The fourth-order valence-corrected chi connectivity index (χ4v) is 1.88. The quantitative estimate of drug-likeness (QED) is 0.885. The summed E-state index contributed by atoms with van der Waals surface area (Å²) in [6, 6.07) is 13.3. The van der Waals surface area contributed by atoms with Crippen LogP contribution in [-0.2, 0) is 4.79 Å². The second kappa shape index (κ2) is 6.79. The summed E-state index contributed by atoms with van der Waals surface area (Å²) >= 11 is 0. The van der Waals surface area contributed by atoms with Gasteiger partial charge in [-0.1, -0.05) is 6.07 Å². The molecule has 110 valence electrons. The second-order valence-corrected chi connectivity index (χ2v) is 4.91. The largest absolute Gasteiger partial charge is 0.484 e. The van der Waals surface area contributed by atoms with Gasteiger partial charge in [0.25, 0.3) is 5.91 Å². The van der Waals surface area contributed by atoms with Crippen LogP contribution in [0, 0.1) is 13.8 Å². The molecular weight excluding hydrogens is 264 g/mol. The van der Waals surface area contributed by atoms with Crippen LogP contribution in [0.5, 0.6) is 5.75 Å². The Bertz CT molecular complexity index is 621. The summed E-state index contributed by atoms with van der Waals surface area (Å²) in [5.41, 5.74) is 4.14. The first-order valence-electron chi connectivity index (χ1n) is 6.86. The molecule has 2 rings (SSSR count). The van der Waals surface area contributed by atoms with Crippen LogP contribution in [0.3, 0.4) is 0 Å². The molecular formula is C17H20N2O2. The topological polar surface area (TPSA) is 50.4 Å². The molecule has 0 radical (unpaired) electrons. The van der Waals surface area contributed by atoms with Crippen molar-refractivity contribution in [3.8, 4) is 5.75 Å². The molecule has 0 bridgehead atoms. The zero-order valence-corrected chi connectivity index (χ0v) is 12.6. The number of amides is 1. The Morgan fingerprint density at radius 3 is 2.29 bits per heavy atom. The number of anilines is 2. The maximum Gasteiger partial charge on any atom is 0.262 e. The van der Waals surface area contributed by atoms with Gasteiger partial charge in [0, 0.05) is 18.4 Å². The third kappa shape index (κ3) is 4.24. The molecule has 2 N–H and O–H groups in total. The Balaban J connectivity index is 1.87. The average Bonchev–Trinajstić information content (AvgIpc) is 2.49. The summed E-state index contributed by atoms with van der Waals surface area (Å²) in [7, 11) is 1.85. The highest BCUT2D eigenvalue weighted by Gasteiger charge is 2.04. The predicted molar refractivity (Wildman–Crippen MR) is 86.0 cm³/mol. The van der Waals surface area contributed by atoms with Gasteiger partial charge in [-0.3, -0.25) is 4.79 Å². The van der Waals surface area contributed by atoms with E-state index >= 15 is 0 Å². The van der Waals surface area contributed by atoms with E-state index in [1.165, 1.54) is 5.56 Å². The maximum atomic E-state index is 11.9. The van der Waals surface area contributed by atoms with Gasteiger partial charge in [-0.25, -0.2) is 0 Å². The smallest absolute Gasteiger partial charge is 0.262 e. The molecule has 0 saturated heterocycles. The van der Waals surface area contributed by atoms with E-state index in [4.69, 9.17) is 4.74 Å². The van der Waals surface area contributed by atoms with Crippen molar-refractivity contribution in [3.63, 3.8) is 0 Å². The number of hydrogen-bond donors (Lipinski definition) is 2. The van der Waals surface area contributed by atoms with Crippen molar-refractivity contribution in [2.24, 2.45) is 0 Å². The SMILES string of the molecule is CNc1ccc(OCC(=O)Nc2ccc(C)c(C)c2)cc1. The zero-order chi connectivity index (χ0) is 15.2. The van der Waals surface area contributed by atoms with Crippen LogP contribution < -0.4 is 15.4 Å². The molecule has 0 saturated carbocycles. The van der Waals surface area contributed by atoms with E-state index in [0.717, 1.165) is 16.9 Å². The van der Waals surface area contributed by atoms with Crippen molar-refractivity contribution < 1.29 is 9.53 Å². The minimum absolute atomic E-state index is 0.00811. The summed E-state index contributed by atoms with van der Waals surface area (Å²) in [5.74, 6) is 0.500. The van der Waals surface area contributed by atoms with Crippen molar-refractivity contribution in [1.29, 1.82) is 0 Å².